The summed E-state index contributed by atoms with van der Waals surface area (Å²) in [6.07, 6.45) is 0. The van der Waals surface area contributed by atoms with Crippen molar-refractivity contribution in [3.8, 4) is 0 Å². The van der Waals surface area contributed by atoms with Gasteiger partial charge in [0, 0.05) is 7.05 Å². The molecule has 1 unspecified atom stereocenters. The molecule has 3 rings (SSSR count). The fourth-order valence-corrected chi connectivity index (χ4v) is 4.63. The van der Waals surface area contributed by atoms with Gasteiger partial charge >= 0.3 is 0 Å². The van der Waals surface area contributed by atoms with Crippen LogP contribution in [0.3, 0.4) is 0 Å². The fourth-order valence-electron chi connectivity index (χ4n) is 2.77. The normalized spacial score (nSPS) is 17.9. The summed E-state index contributed by atoms with van der Waals surface area (Å²) in [4.78, 5) is 0.167. The summed E-state index contributed by atoms with van der Waals surface area (Å²) >= 11 is 12.2. The van der Waals surface area contributed by atoms with Crippen LogP contribution in [0.15, 0.2) is 41.3 Å². The van der Waals surface area contributed by atoms with Crippen LogP contribution in [-0.4, -0.2) is 22.5 Å². The topological polar surface area (TPSA) is 49.4 Å². The second kappa shape index (κ2) is 7.31. The number of hydrogen-bond acceptors (Lipinski definition) is 3. The van der Waals surface area contributed by atoms with Crippen LogP contribution in [0.2, 0.25) is 10.0 Å². The molecule has 0 saturated heterocycles. The largest absolute Gasteiger partial charge is 0.309 e. The van der Waals surface area contributed by atoms with E-state index >= 15 is 0 Å². The number of nitrogens with zero attached hydrogens (tertiary/aromatic N) is 1. The second-order valence-corrected chi connectivity index (χ2v) is 7.81. The average molecular weight is 387 g/mol. The van der Waals surface area contributed by atoms with Crippen molar-refractivity contribution in [3.05, 3.63) is 57.6 Å². The molecule has 24 heavy (non-hydrogen) atoms. The van der Waals surface area contributed by atoms with Gasteiger partial charge in [-0.15, -0.1) is 0 Å². The Balaban J connectivity index is 0.00000100. The van der Waals surface area contributed by atoms with Gasteiger partial charge in [0.05, 0.1) is 26.7 Å². The highest BCUT2D eigenvalue weighted by Crippen LogP contribution is 2.42. The van der Waals surface area contributed by atoms with Crippen molar-refractivity contribution in [2.24, 2.45) is 0 Å². The molecular weight excluding hydrogens is 367 g/mol. The average Bonchev–Trinajstić information content (AvgIpc) is 2.65. The Bertz CT molecular complexity index is 854. The number of nitrogens with one attached hydrogen (secondary N) is 1. The third-order valence-corrected chi connectivity index (χ3v) is 6.43. The number of anilines is 1. The standard InChI is InChI=1S/C15H14Cl2N2O2S.C2H6/c1-18-15-9-5-3-4-6-13(9)19(2)22(20,21)14-8-12(17)11(16)7-10(14)15;1-2/h3-8,15,18H,1-2H3;1-2H3. The van der Waals surface area contributed by atoms with E-state index in [2.05, 4.69) is 5.32 Å². The molecule has 2 aromatic rings. The molecule has 0 saturated carbocycles. The van der Waals surface area contributed by atoms with Crippen molar-refractivity contribution in [1.82, 2.24) is 5.32 Å². The lowest BCUT2D eigenvalue weighted by atomic mass is 9.97. The Morgan fingerprint density at radius 1 is 1.04 bits per heavy atom. The Kier molecular flexibility index (Phi) is 5.81. The fraction of sp³-hybridized carbons (Fsp3) is 0.294. The molecule has 0 fully saturated rings. The molecule has 0 aromatic heterocycles. The number of para-hydroxylation sites is 1. The van der Waals surface area contributed by atoms with Crippen LogP contribution in [0.25, 0.3) is 0 Å². The van der Waals surface area contributed by atoms with Crippen molar-refractivity contribution in [2.45, 2.75) is 24.8 Å². The van der Waals surface area contributed by atoms with Gasteiger partial charge in [-0.25, -0.2) is 8.42 Å². The lowest BCUT2D eigenvalue weighted by Crippen LogP contribution is -2.26. The van der Waals surface area contributed by atoms with Gasteiger partial charge < -0.3 is 5.32 Å². The van der Waals surface area contributed by atoms with Crippen LogP contribution in [0.4, 0.5) is 5.69 Å². The molecule has 1 aliphatic rings. The number of sulfonamides is 1. The highest BCUT2D eigenvalue weighted by molar-refractivity contribution is 7.92. The smallest absolute Gasteiger partial charge is 0.264 e. The van der Waals surface area contributed by atoms with Crippen LogP contribution in [-0.2, 0) is 10.0 Å². The molecule has 1 N–H and O–H groups in total. The zero-order chi connectivity index (χ0) is 18.1. The van der Waals surface area contributed by atoms with Crippen molar-refractivity contribution in [3.63, 3.8) is 0 Å². The summed E-state index contributed by atoms with van der Waals surface area (Å²) in [6, 6.07) is 10.1. The summed E-state index contributed by atoms with van der Waals surface area (Å²) in [5.74, 6) is 0. The Hall–Kier alpha value is -1.27. The van der Waals surface area contributed by atoms with Gasteiger partial charge in [-0.05, 0) is 36.4 Å². The first-order chi connectivity index (χ1) is 11.4. The van der Waals surface area contributed by atoms with Crippen molar-refractivity contribution < 1.29 is 8.42 Å². The maximum absolute atomic E-state index is 12.9. The monoisotopic (exact) mass is 386 g/mol. The maximum Gasteiger partial charge on any atom is 0.264 e. The van der Waals surface area contributed by atoms with Crippen LogP contribution in [0.1, 0.15) is 31.0 Å². The Labute approximate surface area is 153 Å². The van der Waals surface area contributed by atoms with Crippen molar-refractivity contribution >= 4 is 38.9 Å². The number of halogens is 2. The van der Waals surface area contributed by atoms with E-state index in [9.17, 15) is 8.42 Å². The van der Waals surface area contributed by atoms with E-state index in [4.69, 9.17) is 23.2 Å². The highest BCUT2D eigenvalue weighted by atomic mass is 35.5. The summed E-state index contributed by atoms with van der Waals surface area (Å²) in [5.41, 5.74) is 2.09. The molecule has 1 aliphatic heterocycles. The number of benzene rings is 2. The first-order valence-corrected chi connectivity index (χ1v) is 9.81. The van der Waals surface area contributed by atoms with Gasteiger partial charge in [-0.1, -0.05) is 55.2 Å². The second-order valence-electron chi connectivity index (χ2n) is 5.06. The third kappa shape index (κ3) is 3.02. The molecule has 0 bridgehead atoms. The molecule has 7 heteroatoms. The van der Waals surface area contributed by atoms with E-state index < -0.39 is 10.0 Å². The molecule has 0 radical (unpaired) electrons. The molecule has 0 aliphatic carbocycles. The van der Waals surface area contributed by atoms with Gasteiger partial charge in [0.1, 0.15) is 0 Å². The predicted octanol–water partition coefficient (Wildman–Crippen LogP) is 4.47. The van der Waals surface area contributed by atoms with Gasteiger partial charge in [0.25, 0.3) is 10.0 Å². The molecular formula is C17H20Cl2N2O2S. The molecule has 0 amide bonds. The summed E-state index contributed by atoms with van der Waals surface area (Å²) < 4.78 is 27.1. The Morgan fingerprint density at radius 2 is 1.62 bits per heavy atom. The molecule has 1 heterocycles. The quantitative estimate of drug-likeness (QED) is 0.786. The van der Waals surface area contributed by atoms with Gasteiger partial charge in [0.15, 0.2) is 0 Å². The lowest BCUT2D eigenvalue weighted by Gasteiger charge is -2.20. The molecule has 1 atom stereocenters. The van der Waals surface area contributed by atoms with E-state index in [0.29, 0.717) is 16.3 Å². The predicted molar refractivity (Wildman–Crippen MR) is 101 cm³/mol. The summed E-state index contributed by atoms with van der Waals surface area (Å²) in [5, 5.41) is 3.72. The molecule has 130 valence electrons. The Morgan fingerprint density at radius 3 is 2.25 bits per heavy atom. The van der Waals surface area contributed by atoms with Crippen LogP contribution in [0, 0.1) is 0 Å². The van der Waals surface area contributed by atoms with Crippen molar-refractivity contribution in [1.29, 1.82) is 0 Å². The van der Waals surface area contributed by atoms with E-state index in [1.165, 1.54) is 10.4 Å². The minimum atomic E-state index is -3.70. The third-order valence-electron chi connectivity index (χ3n) is 3.88. The van der Waals surface area contributed by atoms with Gasteiger partial charge in [-0.2, -0.15) is 0 Å². The number of fused-ring (bicyclic) bond motifs is 2. The maximum atomic E-state index is 12.9. The molecule has 2 aromatic carbocycles. The van der Waals surface area contributed by atoms with E-state index in [1.807, 2.05) is 32.0 Å². The van der Waals surface area contributed by atoms with E-state index in [0.717, 1.165) is 5.56 Å². The summed E-state index contributed by atoms with van der Waals surface area (Å²) in [7, 11) is -0.379. The van der Waals surface area contributed by atoms with Crippen LogP contribution < -0.4 is 9.62 Å². The lowest BCUT2D eigenvalue weighted by molar-refractivity contribution is 0.592. The minimum absolute atomic E-state index is 0.167. The molecule has 4 nitrogen and oxygen atoms in total. The number of hydrogen-bond donors (Lipinski definition) is 1. The van der Waals surface area contributed by atoms with Gasteiger partial charge in [-0.3, -0.25) is 4.31 Å². The summed E-state index contributed by atoms with van der Waals surface area (Å²) in [6.45, 7) is 4.00. The van der Waals surface area contributed by atoms with Crippen LogP contribution >= 0.6 is 23.2 Å². The van der Waals surface area contributed by atoms with E-state index in [1.54, 1.807) is 26.2 Å². The van der Waals surface area contributed by atoms with Gasteiger partial charge in [0.2, 0.25) is 0 Å². The minimum Gasteiger partial charge on any atom is -0.309 e. The van der Waals surface area contributed by atoms with E-state index in [-0.39, 0.29) is 16.0 Å². The van der Waals surface area contributed by atoms with Crippen molar-refractivity contribution in [2.75, 3.05) is 18.4 Å². The SMILES string of the molecule is CC.CNC1c2ccccc2N(C)S(=O)(=O)c2cc(Cl)c(Cl)cc21. The zero-order valence-corrected chi connectivity index (χ0v) is 16.3. The highest BCUT2D eigenvalue weighted by Gasteiger charge is 2.34. The molecule has 0 spiro atoms. The first-order valence-electron chi connectivity index (χ1n) is 7.62. The first kappa shape index (κ1) is 19.1. The zero-order valence-electron chi connectivity index (χ0n) is 14.0. The van der Waals surface area contributed by atoms with Crippen LogP contribution in [0.5, 0.6) is 0 Å². The number of rotatable bonds is 1.